The lowest BCUT2D eigenvalue weighted by atomic mass is 9.90. The van der Waals surface area contributed by atoms with E-state index in [-0.39, 0.29) is 16.3 Å². The van der Waals surface area contributed by atoms with Crippen LogP contribution in [0.3, 0.4) is 0 Å². The number of nitrogens with zero attached hydrogens (tertiary/aromatic N) is 3. The summed E-state index contributed by atoms with van der Waals surface area (Å²) in [6, 6.07) is 14.9. The van der Waals surface area contributed by atoms with Gasteiger partial charge in [0, 0.05) is 29.5 Å². The number of carbonyl (C=O) groups is 1. The van der Waals surface area contributed by atoms with Gasteiger partial charge < -0.3 is 9.64 Å². The number of amides is 1. The average Bonchev–Trinajstić information content (AvgIpc) is 3.45. The second-order valence-corrected chi connectivity index (χ2v) is 10.3. The Morgan fingerprint density at radius 3 is 2.06 bits per heavy atom. The molecule has 7 nitrogen and oxygen atoms in total. The van der Waals surface area contributed by atoms with Gasteiger partial charge in [-0.1, -0.05) is 31.5 Å². The van der Waals surface area contributed by atoms with Gasteiger partial charge in [-0.25, -0.2) is 13.1 Å². The maximum absolute atomic E-state index is 13.7. The molecule has 174 valence electrons. The second-order valence-electron chi connectivity index (χ2n) is 8.42. The van der Waals surface area contributed by atoms with E-state index in [2.05, 4.69) is 5.10 Å². The first-order valence-electron chi connectivity index (χ1n) is 11.1. The van der Waals surface area contributed by atoms with E-state index in [0.29, 0.717) is 29.2 Å². The Morgan fingerprint density at radius 2 is 1.55 bits per heavy atom. The molecule has 2 aliphatic rings. The summed E-state index contributed by atoms with van der Waals surface area (Å²) < 4.78 is 32.0. The van der Waals surface area contributed by atoms with Crippen LogP contribution in [0.25, 0.3) is 5.69 Å². The first-order chi connectivity index (χ1) is 15.7. The van der Waals surface area contributed by atoms with E-state index >= 15 is 0 Å². The standard InChI is InChI=1S/C23H23N3O4S.C2H6/c1-15-4-6-16(7-5-15)25-14-23(12-13-23)19-20(22(25)27)26(24-21(19)31(3,28)29)17-8-10-18(30-2)11-9-17;1-2/h4-11H,12-14H2,1-3H3;1-2H3. The highest BCUT2D eigenvalue weighted by atomic mass is 32.2. The third-order valence-electron chi connectivity index (χ3n) is 6.16. The van der Waals surface area contributed by atoms with Crippen LogP contribution in [-0.2, 0) is 15.3 Å². The highest BCUT2D eigenvalue weighted by Crippen LogP contribution is 2.55. The molecule has 1 fully saturated rings. The molecule has 2 heterocycles. The maximum atomic E-state index is 13.7. The van der Waals surface area contributed by atoms with Crippen LogP contribution in [0.15, 0.2) is 53.6 Å². The molecule has 1 spiro atoms. The third kappa shape index (κ3) is 3.93. The van der Waals surface area contributed by atoms with Gasteiger partial charge in [-0.3, -0.25) is 4.79 Å². The van der Waals surface area contributed by atoms with E-state index < -0.39 is 9.84 Å². The van der Waals surface area contributed by atoms with Crippen LogP contribution >= 0.6 is 0 Å². The number of benzene rings is 2. The SMILES string of the molecule is CC.COc1ccc(-n2nc(S(C)(=O)=O)c3c2C(=O)N(c2ccc(C)cc2)CC32CC2)cc1. The lowest BCUT2D eigenvalue weighted by molar-refractivity contribution is 0.0966. The van der Waals surface area contributed by atoms with Gasteiger partial charge in [0.1, 0.15) is 11.4 Å². The third-order valence-corrected chi connectivity index (χ3v) is 7.15. The lowest BCUT2D eigenvalue weighted by Gasteiger charge is -2.33. The number of fused-ring (bicyclic) bond motifs is 2. The number of hydrogen-bond donors (Lipinski definition) is 0. The fraction of sp³-hybridized carbons (Fsp3) is 0.360. The van der Waals surface area contributed by atoms with Gasteiger partial charge in [0.2, 0.25) is 0 Å². The van der Waals surface area contributed by atoms with Gasteiger partial charge in [0.15, 0.2) is 14.9 Å². The normalized spacial score (nSPS) is 16.2. The van der Waals surface area contributed by atoms with Gasteiger partial charge in [0.25, 0.3) is 5.91 Å². The van der Waals surface area contributed by atoms with Crippen LogP contribution < -0.4 is 9.64 Å². The van der Waals surface area contributed by atoms with Gasteiger partial charge in [-0.2, -0.15) is 5.10 Å². The molecule has 2 aromatic carbocycles. The smallest absolute Gasteiger partial charge is 0.277 e. The number of anilines is 1. The fourth-order valence-electron chi connectivity index (χ4n) is 4.32. The number of ether oxygens (including phenoxy) is 1. The summed E-state index contributed by atoms with van der Waals surface area (Å²) in [6.07, 6.45) is 2.81. The highest BCUT2D eigenvalue weighted by Gasteiger charge is 2.56. The van der Waals surface area contributed by atoms with E-state index in [1.807, 2.05) is 45.0 Å². The van der Waals surface area contributed by atoms with Crippen LogP contribution in [0.5, 0.6) is 5.75 Å². The molecule has 1 aromatic heterocycles. The largest absolute Gasteiger partial charge is 0.497 e. The van der Waals surface area contributed by atoms with Crippen molar-refractivity contribution in [1.82, 2.24) is 9.78 Å². The molecule has 3 aromatic rings. The van der Waals surface area contributed by atoms with Crippen LogP contribution in [0.1, 0.15) is 48.3 Å². The zero-order valence-corrected chi connectivity index (χ0v) is 20.4. The predicted octanol–water partition coefficient (Wildman–Crippen LogP) is 4.31. The van der Waals surface area contributed by atoms with Crippen LogP contribution in [0.2, 0.25) is 0 Å². The minimum atomic E-state index is -3.61. The molecule has 0 bridgehead atoms. The number of hydrogen-bond acceptors (Lipinski definition) is 5. The molecule has 0 radical (unpaired) electrons. The van der Waals surface area contributed by atoms with E-state index in [1.165, 1.54) is 4.68 Å². The zero-order chi connectivity index (χ0) is 24.0. The number of aromatic nitrogens is 2. The Labute approximate surface area is 194 Å². The minimum Gasteiger partial charge on any atom is -0.497 e. The molecule has 0 N–H and O–H groups in total. The van der Waals surface area contributed by atoms with Crippen molar-refractivity contribution in [1.29, 1.82) is 0 Å². The number of rotatable bonds is 4. The van der Waals surface area contributed by atoms with Gasteiger partial charge in [0.05, 0.1) is 12.8 Å². The summed E-state index contributed by atoms with van der Waals surface area (Å²) in [5.74, 6) is 0.425. The number of sulfone groups is 1. The second kappa shape index (κ2) is 8.33. The molecule has 0 atom stereocenters. The van der Waals surface area contributed by atoms with Crippen molar-refractivity contribution in [2.24, 2.45) is 0 Å². The molecule has 1 amide bonds. The Morgan fingerprint density at radius 1 is 0.970 bits per heavy atom. The molecular formula is C25H29N3O4S. The summed E-state index contributed by atoms with van der Waals surface area (Å²) >= 11 is 0. The summed E-state index contributed by atoms with van der Waals surface area (Å²) in [7, 11) is -2.04. The number of aryl methyl sites for hydroxylation is 1. The Balaban J connectivity index is 0.00000126. The molecule has 0 saturated heterocycles. The molecule has 1 aliphatic carbocycles. The lowest BCUT2D eigenvalue weighted by Crippen LogP contribution is -2.44. The van der Waals surface area contributed by atoms with Crippen molar-refractivity contribution < 1.29 is 17.9 Å². The Bertz CT molecular complexity index is 1290. The minimum absolute atomic E-state index is 0.00715. The molecule has 5 rings (SSSR count). The first-order valence-corrected chi connectivity index (χ1v) is 13.0. The van der Waals surface area contributed by atoms with Crippen molar-refractivity contribution in [3.8, 4) is 11.4 Å². The summed E-state index contributed by atoms with van der Waals surface area (Å²) in [4.78, 5) is 15.5. The van der Waals surface area contributed by atoms with E-state index in [0.717, 1.165) is 30.3 Å². The molecule has 33 heavy (non-hydrogen) atoms. The van der Waals surface area contributed by atoms with Gasteiger partial charge in [-0.15, -0.1) is 0 Å². The van der Waals surface area contributed by atoms with Crippen molar-refractivity contribution in [2.45, 2.75) is 44.1 Å². The number of methoxy groups -OCH3 is 1. The van der Waals surface area contributed by atoms with E-state index in [1.54, 1.807) is 36.3 Å². The van der Waals surface area contributed by atoms with Gasteiger partial charge >= 0.3 is 0 Å². The molecule has 1 saturated carbocycles. The predicted molar refractivity (Wildman–Crippen MR) is 128 cm³/mol. The quantitative estimate of drug-likeness (QED) is 0.571. The Hall–Kier alpha value is -3.13. The van der Waals surface area contributed by atoms with Crippen molar-refractivity contribution in [2.75, 3.05) is 24.8 Å². The Kier molecular flexibility index (Phi) is 5.82. The summed E-state index contributed by atoms with van der Waals surface area (Å²) in [5.41, 5.74) is 3.04. The molecule has 1 aliphatic heterocycles. The summed E-state index contributed by atoms with van der Waals surface area (Å²) in [6.45, 7) is 6.46. The van der Waals surface area contributed by atoms with Crippen molar-refractivity contribution >= 4 is 21.4 Å². The molecular weight excluding hydrogens is 438 g/mol. The molecule has 0 unspecified atom stereocenters. The zero-order valence-electron chi connectivity index (χ0n) is 19.6. The van der Waals surface area contributed by atoms with Crippen LogP contribution in [-0.4, -0.2) is 44.0 Å². The van der Waals surface area contributed by atoms with Crippen molar-refractivity contribution in [3.05, 3.63) is 65.4 Å². The van der Waals surface area contributed by atoms with E-state index in [9.17, 15) is 13.2 Å². The topological polar surface area (TPSA) is 81.5 Å². The van der Waals surface area contributed by atoms with E-state index in [4.69, 9.17) is 4.74 Å². The maximum Gasteiger partial charge on any atom is 0.277 e. The van der Waals surface area contributed by atoms with Crippen LogP contribution in [0, 0.1) is 6.92 Å². The fourth-order valence-corrected chi connectivity index (χ4v) is 5.23. The molecule has 8 heteroatoms. The van der Waals surface area contributed by atoms with Crippen molar-refractivity contribution in [3.63, 3.8) is 0 Å². The first kappa shape index (κ1) is 23.0. The van der Waals surface area contributed by atoms with Crippen LogP contribution in [0.4, 0.5) is 5.69 Å². The summed E-state index contributed by atoms with van der Waals surface area (Å²) in [5, 5.41) is 4.46. The highest BCUT2D eigenvalue weighted by molar-refractivity contribution is 7.90. The monoisotopic (exact) mass is 467 g/mol. The number of carbonyl (C=O) groups excluding carboxylic acids is 1. The average molecular weight is 468 g/mol. The van der Waals surface area contributed by atoms with Gasteiger partial charge in [-0.05, 0) is 56.2 Å².